The lowest BCUT2D eigenvalue weighted by atomic mass is 9.72. The van der Waals surface area contributed by atoms with Gasteiger partial charge >= 0.3 is 0 Å². The van der Waals surface area contributed by atoms with Gasteiger partial charge in [-0.15, -0.1) is 12.4 Å². The minimum Gasteiger partial charge on any atom is -0.398 e. The van der Waals surface area contributed by atoms with Gasteiger partial charge in [-0.25, -0.2) is 0 Å². The van der Waals surface area contributed by atoms with Crippen molar-refractivity contribution >= 4 is 18.1 Å². The van der Waals surface area contributed by atoms with Crippen LogP contribution in [-0.4, -0.2) is 0 Å². The molecule has 3 rings (SSSR count). The van der Waals surface area contributed by atoms with Crippen LogP contribution in [0.1, 0.15) is 29.9 Å². The molecule has 0 spiro atoms. The van der Waals surface area contributed by atoms with Gasteiger partial charge in [-0.1, -0.05) is 24.3 Å². The van der Waals surface area contributed by atoms with Crippen molar-refractivity contribution in [2.24, 2.45) is 5.92 Å². The molecule has 15 heavy (non-hydrogen) atoms. The van der Waals surface area contributed by atoms with Crippen molar-refractivity contribution in [3.05, 3.63) is 41.5 Å². The van der Waals surface area contributed by atoms with Crippen molar-refractivity contribution in [3.63, 3.8) is 0 Å². The fourth-order valence-corrected chi connectivity index (χ4v) is 2.95. The average Bonchev–Trinajstić information content (AvgIpc) is 2.17. The number of hydrogen-bond donors (Lipinski definition) is 1. The number of hydrogen-bond acceptors (Lipinski definition) is 1. The van der Waals surface area contributed by atoms with E-state index in [0.717, 1.165) is 11.6 Å². The number of nitrogen functional groups attached to an aromatic ring is 1. The number of benzene rings is 1. The minimum absolute atomic E-state index is 0. The van der Waals surface area contributed by atoms with E-state index in [1.807, 2.05) is 6.07 Å². The minimum atomic E-state index is 0. The summed E-state index contributed by atoms with van der Waals surface area (Å²) in [5, 5.41) is 0. The molecule has 0 saturated carbocycles. The van der Waals surface area contributed by atoms with E-state index in [1.54, 1.807) is 0 Å². The maximum absolute atomic E-state index is 6.05. The Kier molecular flexibility index (Phi) is 2.74. The predicted molar refractivity (Wildman–Crippen MR) is 66.4 cm³/mol. The summed E-state index contributed by atoms with van der Waals surface area (Å²) in [7, 11) is 0. The molecule has 2 heteroatoms. The van der Waals surface area contributed by atoms with Gasteiger partial charge in [0.15, 0.2) is 0 Å². The van der Waals surface area contributed by atoms with Crippen LogP contribution in [0.5, 0.6) is 0 Å². The third-order valence-corrected chi connectivity index (χ3v) is 3.54. The zero-order valence-corrected chi connectivity index (χ0v) is 9.46. The number of anilines is 1. The average molecular weight is 222 g/mol. The van der Waals surface area contributed by atoms with E-state index in [4.69, 9.17) is 5.73 Å². The van der Waals surface area contributed by atoms with Crippen molar-refractivity contribution in [1.82, 2.24) is 0 Å². The molecule has 0 aromatic heterocycles. The van der Waals surface area contributed by atoms with Crippen LogP contribution in [0.25, 0.3) is 0 Å². The smallest absolute Gasteiger partial charge is 0.0352 e. The molecule has 2 aliphatic carbocycles. The van der Waals surface area contributed by atoms with E-state index in [0.29, 0.717) is 5.92 Å². The van der Waals surface area contributed by atoms with Gasteiger partial charge in [0.2, 0.25) is 0 Å². The molecular weight excluding hydrogens is 206 g/mol. The molecule has 2 unspecified atom stereocenters. The van der Waals surface area contributed by atoms with Crippen molar-refractivity contribution in [3.8, 4) is 0 Å². The highest BCUT2D eigenvalue weighted by atomic mass is 35.5. The topological polar surface area (TPSA) is 26.0 Å². The summed E-state index contributed by atoms with van der Waals surface area (Å²) in [6.07, 6.45) is 8.37. The Morgan fingerprint density at radius 3 is 3.00 bits per heavy atom. The van der Waals surface area contributed by atoms with Crippen LogP contribution in [0.15, 0.2) is 30.4 Å². The Labute approximate surface area is 96.8 Å². The highest BCUT2D eigenvalue weighted by molar-refractivity contribution is 5.85. The summed E-state index contributed by atoms with van der Waals surface area (Å²) in [6, 6.07) is 6.36. The van der Waals surface area contributed by atoms with Crippen LogP contribution in [0.2, 0.25) is 0 Å². The lowest BCUT2D eigenvalue weighted by Gasteiger charge is -2.33. The Morgan fingerprint density at radius 2 is 2.13 bits per heavy atom. The highest BCUT2D eigenvalue weighted by Gasteiger charge is 2.28. The molecule has 0 amide bonds. The normalized spacial score (nSPS) is 26.7. The summed E-state index contributed by atoms with van der Waals surface area (Å²) >= 11 is 0. The van der Waals surface area contributed by atoms with Crippen LogP contribution < -0.4 is 5.73 Å². The second-order valence-corrected chi connectivity index (χ2v) is 4.48. The molecule has 0 fully saturated rings. The van der Waals surface area contributed by atoms with E-state index in [9.17, 15) is 0 Å². The van der Waals surface area contributed by atoms with Gasteiger partial charge in [-0.2, -0.15) is 0 Å². The molecule has 2 aliphatic rings. The lowest BCUT2D eigenvalue weighted by molar-refractivity contribution is 0.450. The molecule has 0 aliphatic heterocycles. The fourth-order valence-electron chi connectivity index (χ4n) is 2.95. The molecule has 1 aromatic carbocycles. The number of allylic oxidation sites excluding steroid dienone is 2. The van der Waals surface area contributed by atoms with E-state index in [-0.39, 0.29) is 12.4 Å². The first-order valence-electron chi connectivity index (χ1n) is 5.38. The number of nitrogens with two attached hydrogens (primary N) is 1. The number of rotatable bonds is 0. The fraction of sp³-hybridized carbons (Fsp3) is 0.385. The second-order valence-electron chi connectivity index (χ2n) is 4.48. The van der Waals surface area contributed by atoms with Gasteiger partial charge in [0.05, 0.1) is 0 Å². The molecular formula is C13H16ClN. The third-order valence-electron chi connectivity index (χ3n) is 3.54. The Balaban J connectivity index is 0.000000853. The Bertz CT molecular complexity index is 398. The van der Waals surface area contributed by atoms with Crippen molar-refractivity contribution in [2.45, 2.75) is 25.2 Å². The summed E-state index contributed by atoms with van der Waals surface area (Å²) in [6.45, 7) is 0. The van der Waals surface area contributed by atoms with Crippen LogP contribution >= 0.6 is 12.4 Å². The second kappa shape index (κ2) is 3.90. The van der Waals surface area contributed by atoms with Crippen molar-refractivity contribution in [2.75, 3.05) is 5.73 Å². The largest absolute Gasteiger partial charge is 0.398 e. The van der Waals surface area contributed by atoms with Gasteiger partial charge in [0.25, 0.3) is 0 Å². The predicted octanol–water partition coefficient (Wildman–Crippen LogP) is 3.30. The molecule has 2 N–H and O–H groups in total. The van der Waals surface area contributed by atoms with Gasteiger partial charge in [-0.05, 0) is 48.3 Å². The van der Waals surface area contributed by atoms with Gasteiger partial charge < -0.3 is 5.73 Å². The van der Waals surface area contributed by atoms with Crippen LogP contribution in [-0.2, 0) is 6.42 Å². The lowest BCUT2D eigenvalue weighted by Crippen LogP contribution is -2.21. The molecule has 1 nitrogen and oxygen atoms in total. The summed E-state index contributed by atoms with van der Waals surface area (Å²) in [4.78, 5) is 0. The van der Waals surface area contributed by atoms with Gasteiger partial charge in [0, 0.05) is 5.69 Å². The molecule has 80 valence electrons. The first-order valence-corrected chi connectivity index (χ1v) is 5.38. The monoisotopic (exact) mass is 221 g/mol. The summed E-state index contributed by atoms with van der Waals surface area (Å²) in [5.41, 5.74) is 9.97. The zero-order valence-electron chi connectivity index (χ0n) is 8.65. The molecule has 1 aromatic rings. The first kappa shape index (κ1) is 10.6. The van der Waals surface area contributed by atoms with Gasteiger partial charge in [-0.3, -0.25) is 0 Å². The van der Waals surface area contributed by atoms with Crippen LogP contribution in [0.3, 0.4) is 0 Å². The highest BCUT2D eigenvalue weighted by Crippen LogP contribution is 2.43. The molecule has 0 saturated heterocycles. The van der Waals surface area contributed by atoms with E-state index in [1.165, 1.54) is 30.4 Å². The standard InChI is InChI=1S/C13H15N.ClH/c14-12-6-2-5-11-8-9-3-1-4-10(7-9)13(11)12;/h1-3,5-6,9-10H,4,7-8,14H2;1H. The molecule has 0 heterocycles. The quantitative estimate of drug-likeness (QED) is 0.528. The zero-order chi connectivity index (χ0) is 9.54. The molecule has 2 atom stereocenters. The third kappa shape index (κ3) is 1.65. The number of fused-ring (bicyclic) bond motifs is 4. The first-order chi connectivity index (χ1) is 6.84. The summed E-state index contributed by atoms with van der Waals surface area (Å²) in [5.74, 6) is 1.46. The van der Waals surface area contributed by atoms with E-state index >= 15 is 0 Å². The van der Waals surface area contributed by atoms with Crippen LogP contribution in [0, 0.1) is 5.92 Å². The molecule has 2 bridgehead atoms. The van der Waals surface area contributed by atoms with E-state index < -0.39 is 0 Å². The van der Waals surface area contributed by atoms with Crippen LogP contribution in [0.4, 0.5) is 5.69 Å². The Hall–Kier alpha value is -0.950. The maximum atomic E-state index is 6.05. The SMILES string of the molecule is Cl.Nc1cccc2c1C1CC=CC(C2)C1. The Morgan fingerprint density at radius 1 is 1.27 bits per heavy atom. The van der Waals surface area contributed by atoms with E-state index in [2.05, 4.69) is 24.3 Å². The van der Waals surface area contributed by atoms with Gasteiger partial charge in [0.1, 0.15) is 0 Å². The molecule has 0 radical (unpaired) electrons. The summed E-state index contributed by atoms with van der Waals surface area (Å²) < 4.78 is 0. The maximum Gasteiger partial charge on any atom is 0.0352 e. The number of halogens is 1. The van der Waals surface area contributed by atoms with Crippen molar-refractivity contribution in [1.29, 1.82) is 0 Å². The van der Waals surface area contributed by atoms with Crippen molar-refractivity contribution < 1.29 is 0 Å².